The molecule has 0 aliphatic carbocycles. The summed E-state index contributed by atoms with van der Waals surface area (Å²) in [6, 6.07) is 5.33. The molecule has 1 heterocycles. The van der Waals surface area contributed by atoms with E-state index in [1.165, 1.54) is 0 Å². The lowest BCUT2D eigenvalue weighted by atomic mass is 10.1. The Labute approximate surface area is 110 Å². The molecule has 2 N–H and O–H groups in total. The molecule has 6 nitrogen and oxygen atoms in total. The van der Waals surface area contributed by atoms with E-state index in [-0.39, 0.29) is 5.69 Å². The molecule has 0 aliphatic rings. The van der Waals surface area contributed by atoms with Crippen molar-refractivity contribution in [1.29, 1.82) is 0 Å². The lowest BCUT2D eigenvalue weighted by Crippen LogP contribution is -1.99. The molecule has 17 heavy (non-hydrogen) atoms. The van der Waals surface area contributed by atoms with E-state index in [4.69, 9.17) is 9.84 Å². The van der Waals surface area contributed by atoms with Crippen molar-refractivity contribution in [3.63, 3.8) is 0 Å². The first-order chi connectivity index (χ1) is 8.13. The summed E-state index contributed by atoms with van der Waals surface area (Å²) < 4.78 is 6.01. The highest BCUT2D eigenvalue weighted by molar-refractivity contribution is 14.1. The number of H-pyrrole nitrogens is 1. The van der Waals surface area contributed by atoms with Gasteiger partial charge in [-0.25, -0.2) is 4.79 Å². The van der Waals surface area contributed by atoms with Crippen LogP contribution in [0.25, 0.3) is 11.3 Å². The van der Waals surface area contributed by atoms with Crippen LogP contribution in [0.3, 0.4) is 0 Å². The third-order valence-electron chi connectivity index (χ3n) is 2.19. The molecular weight excluding hydrogens is 337 g/mol. The molecule has 0 fully saturated rings. The smallest absolute Gasteiger partial charge is 0.358 e. The van der Waals surface area contributed by atoms with Crippen molar-refractivity contribution < 1.29 is 14.6 Å². The van der Waals surface area contributed by atoms with Crippen LogP contribution in [0, 0.1) is 3.57 Å². The molecule has 2 aromatic rings. The number of aromatic nitrogens is 3. The highest BCUT2D eigenvalue weighted by atomic mass is 127. The molecule has 0 unspecified atom stereocenters. The monoisotopic (exact) mass is 345 g/mol. The largest absolute Gasteiger partial charge is 0.496 e. The summed E-state index contributed by atoms with van der Waals surface area (Å²) >= 11 is 2.11. The highest BCUT2D eigenvalue weighted by Gasteiger charge is 2.16. The van der Waals surface area contributed by atoms with Crippen molar-refractivity contribution >= 4 is 28.6 Å². The Bertz CT molecular complexity index is 568. The average molecular weight is 345 g/mol. The third-order valence-corrected chi connectivity index (χ3v) is 3.03. The minimum Gasteiger partial charge on any atom is -0.496 e. The van der Waals surface area contributed by atoms with Gasteiger partial charge >= 0.3 is 5.97 Å². The molecule has 1 aromatic carbocycles. The Morgan fingerprint density at radius 2 is 2.29 bits per heavy atom. The van der Waals surface area contributed by atoms with Gasteiger partial charge < -0.3 is 9.84 Å². The van der Waals surface area contributed by atoms with E-state index in [0.717, 1.165) is 9.32 Å². The maximum Gasteiger partial charge on any atom is 0.358 e. The zero-order valence-electron chi connectivity index (χ0n) is 8.77. The van der Waals surface area contributed by atoms with Crippen molar-refractivity contribution in [2.75, 3.05) is 7.11 Å². The second-order valence-corrected chi connectivity index (χ2v) is 4.35. The summed E-state index contributed by atoms with van der Waals surface area (Å²) in [5, 5.41) is 18.5. The molecule has 0 bridgehead atoms. The van der Waals surface area contributed by atoms with Crippen molar-refractivity contribution in [3.8, 4) is 17.0 Å². The van der Waals surface area contributed by atoms with Gasteiger partial charge in [-0.15, -0.1) is 5.10 Å². The van der Waals surface area contributed by atoms with Crippen LogP contribution in [0.4, 0.5) is 0 Å². The highest BCUT2D eigenvalue weighted by Crippen LogP contribution is 2.27. The number of carboxylic acid groups (broad SMARTS) is 1. The normalized spacial score (nSPS) is 10.2. The number of rotatable bonds is 3. The number of carboxylic acids is 1. The fourth-order valence-corrected chi connectivity index (χ4v) is 2.14. The second-order valence-electron chi connectivity index (χ2n) is 3.19. The lowest BCUT2D eigenvalue weighted by molar-refractivity contribution is 0.0691. The van der Waals surface area contributed by atoms with Gasteiger partial charge in [-0.3, -0.25) is 5.10 Å². The van der Waals surface area contributed by atoms with Crippen LogP contribution in [0.2, 0.25) is 0 Å². The predicted molar refractivity (Wildman–Crippen MR) is 68.0 cm³/mol. The number of methoxy groups -OCH3 is 1. The molecule has 0 spiro atoms. The summed E-state index contributed by atoms with van der Waals surface area (Å²) in [6.07, 6.45) is 0. The van der Waals surface area contributed by atoms with E-state index >= 15 is 0 Å². The number of aromatic amines is 1. The number of hydrogen-bond donors (Lipinski definition) is 2. The third kappa shape index (κ3) is 2.23. The number of ether oxygens (including phenoxy) is 1. The summed E-state index contributed by atoms with van der Waals surface area (Å²) in [6.45, 7) is 0. The molecule has 88 valence electrons. The van der Waals surface area contributed by atoms with Gasteiger partial charge in [-0.2, -0.15) is 0 Å². The second kappa shape index (κ2) is 4.70. The van der Waals surface area contributed by atoms with Crippen molar-refractivity contribution in [2.45, 2.75) is 0 Å². The topological polar surface area (TPSA) is 88.1 Å². The minimum atomic E-state index is -1.11. The summed E-state index contributed by atoms with van der Waals surface area (Å²) in [7, 11) is 1.58. The van der Waals surface area contributed by atoms with E-state index in [1.54, 1.807) is 25.3 Å². The first-order valence-electron chi connectivity index (χ1n) is 4.61. The van der Waals surface area contributed by atoms with Crippen LogP contribution >= 0.6 is 22.6 Å². The Kier molecular flexibility index (Phi) is 3.27. The molecule has 2 rings (SSSR count). The van der Waals surface area contributed by atoms with E-state index < -0.39 is 5.97 Å². The number of halogens is 1. The molecule has 0 atom stereocenters. The average Bonchev–Trinajstić information content (AvgIpc) is 2.77. The Balaban J connectivity index is 2.50. The van der Waals surface area contributed by atoms with Crippen LogP contribution in [-0.2, 0) is 0 Å². The first-order valence-corrected chi connectivity index (χ1v) is 5.69. The minimum absolute atomic E-state index is 0.0917. The SMILES string of the molecule is COc1ccc(-c2[nH]nnc2C(=O)O)cc1I. The van der Waals surface area contributed by atoms with Crippen LogP contribution in [0.1, 0.15) is 10.5 Å². The molecule has 7 heteroatoms. The van der Waals surface area contributed by atoms with Gasteiger partial charge in [0.25, 0.3) is 0 Å². The molecule has 1 aromatic heterocycles. The molecular formula is C10H8IN3O3. The molecule has 0 amide bonds. The van der Waals surface area contributed by atoms with Gasteiger partial charge in [0.1, 0.15) is 11.4 Å². The standard InChI is InChI=1S/C10H8IN3O3/c1-17-7-3-2-5(4-6(7)11)8-9(10(15)16)13-14-12-8/h2-4H,1H3,(H,15,16)(H,12,13,14). The van der Waals surface area contributed by atoms with Crippen LogP contribution in [-0.4, -0.2) is 33.6 Å². The molecule has 0 radical (unpaired) electrons. The number of carbonyl (C=O) groups is 1. The predicted octanol–water partition coefficient (Wildman–Crippen LogP) is 1.78. The van der Waals surface area contributed by atoms with Crippen molar-refractivity contribution in [2.24, 2.45) is 0 Å². The summed E-state index contributed by atoms with van der Waals surface area (Å²) in [4.78, 5) is 10.9. The van der Waals surface area contributed by atoms with Gasteiger partial charge in [0.2, 0.25) is 0 Å². The maximum atomic E-state index is 10.9. The van der Waals surface area contributed by atoms with Gasteiger partial charge in [0.15, 0.2) is 5.69 Å². The molecule has 0 saturated heterocycles. The fourth-order valence-electron chi connectivity index (χ4n) is 1.40. The number of hydrogen-bond acceptors (Lipinski definition) is 4. The summed E-state index contributed by atoms with van der Waals surface area (Å²) in [5.74, 6) is -0.377. The van der Waals surface area contributed by atoms with E-state index in [1.807, 2.05) is 0 Å². The van der Waals surface area contributed by atoms with Gasteiger partial charge in [-0.1, -0.05) is 5.21 Å². The maximum absolute atomic E-state index is 10.9. The van der Waals surface area contributed by atoms with E-state index in [0.29, 0.717) is 11.3 Å². The van der Waals surface area contributed by atoms with E-state index in [2.05, 4.69) is 38.0 Å². The number of benzene rings is 1. The summed E-state index contributed by atoms with van der Waals surface area (Å²) in [5.41, 5.74) is 1.00. The van der Waals surface area contributed by atoms with E-state index in [9.17, 15) is 4.79 Å². The van der Waals surface area contributed by atoms with Gasteiger partial charge in [0.05, 0.1) is 10.7 Å². The van der Waals surface area contributed by atoms with Crippen LogP contribution < -0.4 is 4.74 Å². The number of nitrogens with zero attached hydrogens (tertiary/aromatic N) is 2. The lowest BCUT2D eigenvalue weighted by Gasteiger charge is -2.05. The van der Waals surface area contributed by atoms with Gasteiger partial charge in [-0.05, 0) is 40.8 Å². The van der Waals surface area contributed by atoms with Crippen LogP contribution in [0.15, 0.2) is 18.2 Å². The molecule has 0 saturated carbocycles. The Morgan fingerprint density at radius 3 is 2.88 bits per heavy atom. The number of aromatic carboxylic acids is 1. The Hall–Kier alpha value is -1.64. The molecule has 0 aliphatic heterocycles. The number of nitrogens with one attached hydrogen (secondary N) is 1. The van der Waals surface area contributed by atoms with Crippen molar-refractivity contribution in [1.82, 2.24) is 15.4 Å². The van der Waals surface area contributed by atoms with Gasteiger partial charge in [0, 0.05) is 5.56 Å². The van der Waals surface area contributed by atoms with Crippen molar-refractivity contribution in [3.05, 3.63) is 27.5 Å². The quantitative estimate of drug-likeness (QED) is 0.828. The first kappa shape index (κ1) is 11.8. The zero-order chi connectivity index (χ0) is 12.4. The zero-order valence-corrected chi connectivity index (χ0v) is 10.9. The fraction of sp³-hybridized carbons (Fsp3) is 0.100. The Morgan fingerprint density at radius 1 is 1.53 bits per heavy atom. The van der Waals surface area contributed by atoms with Crippen LogP contribution in [0.5, 0.6) is 5.75 Å².